The van der Waals surface area contributed by atoms with Gasteiger partial charge in [0.1, 0.15) is 0 Å². The molecule has 1 saturated heterocycles. The van der Waals surface area contributed by atoms with Crippen LogP contribution in [0, 0.1) is 0 Å². The first-order chi connectivity index (χ1) is 10.3. The molecule has 3 rings (SSSR count). The van der Waals surface area contributed by atoms with E-state index in [1.165, 1.54) is 0 Å². The van der Waals surface area contributed by atoms with Crippen LogP contribution in [0.15, 0.2) is 24.3 Å². The largest absolute Gasteiger partial charge is 0.325 e. The summed E-state index contributed by atoms with van der Waals surface area (Å²) >= 11 is 0. The van der Waals surface area contributed by atoms with Gasteiger partial charge in [-0.3, -0.25) is 9.69 Å². The van der Waals surface area contributed by atoms with Gasteiger partial charge in [-0.1, -0.05) is 12.1 Å². The summed E-state index contributed by atoms with van der Waals surface area (Å²) in [4.78, 5) is 14.2. The Morgan fingerprint density at radius 2 is 2.19 bits per heavy atom. The zero-order valence-electron chi connectivity index (χ0n) is 11.5. The molecule has 0 radical (unpaired) electrons. The second-order valence-electron chi connectivity index (χ2n) is 4.89. The lowest BCUT2D eigenvalue weighted by atomic mass is 10.2. The van der Waals surface area contributed by atoms with Crippen molar-refractivity contribution < 1.29 is 4.79 Å². The second kappa shape index (κ2) is 6.42. The molecule has 8 nitrogen and oxygen atoms in total. The van der Waals surface area contributed by atoms with Crippen molar-refractivity contribution in [2.45, 2.75) is 0 Å². The van der Waals surface area contributed by atoms with Gasteiger partial charge < -0.3 is 10.6 Å². The molecule has 1 aromatic carbocycles. The number of carbonyl (C=O) groups is 1. The maximum Gasteiger partial charge on any atom is 0.238 e. The molecule has 8 heteroatoms. The Morgan fingerprint density at radius 3 is 2.95 bits per heavy atom. The lowest BCUT2D eigenvalue weighted by molar-refractivity contribution is -0.117. The molecule has 0 atom stereocenters. The van der Waals surface area contributed by atoms with Crippen LogP contribution in [0.3, 0.4) is 0 Å². The highest BCUT2D eigenvalue weighted by Gasteiger charge is 2.13. The predicted molar refractivity (Wildman–Crippen MR) is 77.6 cm³/mol. The number of carbonyl (C=O) groups excluding carboxylic acids is 1. The number of nitrogens with one attached hydrogen (secondary N) is 3. The number of anilines is 1. The fraction of sp³-hybridized carbons (Fsp3) is 0.385. The molecule has 2 heterocycles. The van der Waals surface area contributed by atoms with Gasteiger partial charge in [0.25, 0.3) is 0 Å². The summed E-state index contributed by atoms with van der Waals surface area (Å²) < 4.78 is 0. The summed E-state index contributed by atoms with van der Waals surface area (Å²) in [6.45, 7) is 4.07. The maximum absolute atomic E-state index is 12.1. The van der Waals surface area contributed by atoms with E-state index in [4.69, 9.17) is 0 Å². The van der Waals surface area contributed by atoms with Crippen LogP contribution in [0.2, 0.25) is 0 Å². The molecule has 0 bridgehead atoms. The SMILES string of the molecule is O=C(CN1CCNCC1)Nc1cccc(-c2nn[nH]n2)c1. The van der Waals surface area contributed by atoms with Crippen LogP contribution < -0.4 is 10.6 Å². The van der Waals surface area contributed by atoms with Gasteiger partial charge in [-0.25, -0.2) is 0 Å². The van der Waals surface area contributed by atoms with Crippen molar-refractivity contribution in [3.05, 3.63) is 24.3 Å². The van der Waals surface area contributed by atoms with E-state index in [0.717, 1.165) is 37.4 Å². The first-order valence-electron chi connectivity index (χ1n) is 6.88. The average molecular weight is 287 g/mol. The molecule has 1 aliphatic heterocycles. The van der Waals surface area contributed by atoms with Gasteiger partial charge in [-0.15, -0.1) is 10.2 Å². The Labute approximate surface area is 121 Å². The van der Waals surface area contributed by atoms with E-state index in [-0.39, 0.29) is 5.91 Å². The van der Waals surface area contributed by atoms with Crippen LogP contribution in [-0.2, 0) is 4.79 Å². The van der Waals surface area contributed by atoms with Gasteiger partial charge in [0.2, 0.25) is 11.7 Å². The number of benzene rings is 1. The number of aromatic nitrogens is 4. The van der Waals surface area contributed by atoms with Crippen molar-refractivity contribution in [2.24, 2.45) is 0 Å². The van der Waals surface area contributed by atoms with Crippen molar-refractivity contribution in [1.82, 2.24) is 30.8 Å². The number of H-pyrrole nitrogens is 1. The molecular formula is C13H17N7O. The normalized spacial score (nSPS) is 15.8. The zero-order valence-corrected chi connectivity index (χ0v) is 11.5. The Kier molecular flexibility index (Phi) is 4.17. The number of aromatic amines is 1. The highest BCUT2D eigenvalue weighted by atomic mass is 16.2. The summed E-state index contributed by atoms with van der Waals surface area (Å²) in [5.41, 5.74) is 1.54. The Hall–Kier alpha value is -2.32. The van der Waals surface area contributed by atoms with Crippen molar-refractivity contribution >= 4 is 11.6 Å². The maximum atomic E-state index is 12.1. The van der Waals surface area contributed by atoms with E-state index in [1.54, 1.807) is 0 Å². The molecule has 3 N–H and O–H groups in total. The van der Waals surface area contributed by atoms with Crippen molar-refractivity contribution in [3.63, 3.8) is 0 Å². The minimum absolute atomic E-state index is 0.0119. The molecule has 1 aliphatic rings. The molecule has 0 aliphatic carbocycles. The molecule has 1 aromatic heterocycles. The molecule has 1 fully saturated rings. The van der Waals surface area contributed by atoms with Gasteiger partial charge in [0.05, 0.1) is 6.54 Å². The standard InChI is InChI=1S/C13H17N7O/c21-12(9-20-6-4-14-5-7-20)15-11-3-1-2-10(8-11)13-16-18-19-17-13/h1-3,8,14H,4-7,9H2,(H,15,21)(H,16,17,18,19). The van der Waals surface area contributed by atoms with E-state index in [1.807, 2.05) is 24.3 Å². The van der Waals surface area contributed by atoms with Crippen LogP contribution in [0.25, 0.3) is 11.4 Å². The molecule has 110 valence electrons. The highest BCUT2D eigenvalue weighted by molar-refractivity contribution is 5.92. The van der Waals surface area contributed by atoms with Gasteiger partial charge in [0, 0.05) is 37.4 Å². The minimum atomic E-state index is -0.0119. The fourth-order valence-corrected chi connectivity index (χ4v) is 2.29. The third kappa shape index (κ3) is 3.61. The minimum Gasteiger partial charge on any atom is -0.325 e. The molecule has 21 heavy (non-hydrogen) atoms. The molecule has 0 spiro atoms. The van der Waals surface area contributed by atoms with Crippen molar-refractivity contribution in [2.75, 3.05) is 38.0 Å². The van der Waals surface area contributed by atoms with Crippen LogP contribution in [0.4, 0.5) is 5.69 Å². The lowest BCUT2D eigenvalue weighted by Gasteiger charge is -2.26. The molecule has 0 saturated carbocycles. The van der Waals surface area contributed by atoms with E-state index in [9.17, 15) is 4.79 Å². The highest BCUT2D eigenvalue weighted by Crippen LogP contribution is 2.18. The number of nitrogens with zero attached hydrogens (tertiary/aromatic N) is 4. The number of hydrogen-bond donors (Lipinski definition) is 3. The summed E-state index contributed by atoms with van der Waals surface area (Å²) in [5.74, 6) is 0.496. The number of amides is 1. The first-order valence-corrected chi connectivity index (χ1v) is 6.88. The van der Waals surface area contributed by atoms with Crippen LogP contribution >= 0.6 is 0 Å². The van der Waals surface area contributed by atoms with Crippen molar-refractivity contribution in [1.29, 1.82) is 0 Å². The summed E-state index contributed by atoms with van der Waals surface area (Å²) in [6, 6.07) is 7.41. The topological polar surface area (TPSA) is 98.8 Å². The number of rotatable bonds is 4. The van der Waals surface area contributed by atoms with Gasteiger partial charge in [0.15, 0.2) is 0 Å². The van der Waals surface area contributed by atoms with E-state index < -0.39 is 0 Å². The monoisotopic (exact) mass is 287 g/mol. The Morgan fingerprint density at radius 1 is 1.33 bits per heavy atom. The van der Waals surface area contributed by atoms with E-state index in [2.05, 4.69) is 36.2 Å². The van der Waals surface area contributed by atoms with Crippen molar-refractivity contribution in [3.8, 4) is 11.4 Å². The Bertz CT molecular complexity index is 592. The van der Waals surface area contributed by atoms with E-state index >= 15 is 0 Å². The second-order valence-corrected chi connectivity index (χ2v) is 4.89. The van der Waals surface area contributed by atoms with Gasteiger partial charge in [-0.05, 0) is 17.3 Å². The smallest absolute Gasteiger partial charge is 0.238 e. The number of hydrogen-bond acceptors (Lipinski definition) is 6. The molecular weight excluding hydrogens is 270 g/mol. The fourth-order valence-electron chi connectivity index (χ4n) is 2.29. The lowest BCUT2D eigenvalue weighted by Crippen LogP contribution is -2.46. The molecule has 2 aromatic rings. The third-order valence-corrected chi connectivity index (χ3v) is 3.33. The zero-order chi connectivity index (χ0) is 14.5. The summed E-state index contributed by atoms with van der Waals surface area (Å²) in [6.07, 6.45) is 0. The summed E-state index contributed by atoms with van der Waals surface area (Å²) in [7, 11) is 0. The average Bonchev–Trinajstić information content (AvgIpc) is 3.02. The van der Waals surface area contributed by atoms with Crippen LogP contribution in [0.5, 0.6) is 0 Å². The quantitative estimate of drug-likeness (QED) is 0.715. The van der Waals surface area contributed by atoms with E-state index in [0.29, 0.717) is 12.4 Å². The summed E-state index contributed by atoms with van der Waals surface area (Å²) in [5, 5.41) is 20.0. The molecule has 1 amide bonds. The third-order valence-electron chi connectivity index (χ3n) is 3.33. The Balaban J connectivity index is 1.62. The van der Waals surface area contributed by atoms with Crippen LogP contribution in [-0.4, -0.2) is 64.2 Å². The van der Waals surface area contributed by atoms with Gasteiger partial charge >= 0.3 is 0 Å². The molecule has 0 unspecified atom stereocenters. The van der Waals surface area contributed by atoms with Crippen LogP contribution in [0.1, 0.15) is 0 Å². The number of tetrazole rings is 1. The van der Waals surface area contributed by atoms with Gasteiger partial charge in [-0.2, -0.15) is 5.21 Å². The predicted octanol–water partition coefficient (Wildman–Crippen LogP) is -0.290. The first kappa shape index (κ1) is 13.7. The number of piperazine rings is 1.